The maximum absolute atomic E-state index is 12.9. The summed E-state index contributed by atoms with van der Waals surface area (Å²) in [7, 11) is 0. The van der Waals surface area contributed by atoms with Crippen LogP contribution in [0.5, 0.6) is 5.75 Å². The Hall–Kier alpha value is -1.95. The van der Waals surface area contributed by atoms with E-state index in [1.807, 2.05) is 6.92 Å². The monoisotopic (exact) mass is 294 g/mol. The highest BCUT2D eigenvalue weighted by atomic mass is 32.1. The smallest absolute Gasteiger partial charge is 0.257 e. The summed E-state index contributed by atoms with van der Waals surface area (Å²) in [5, 5.41) is 2.75. The first-order valence-corrected chi connectivity index (χ1v) is 7.07. The lowest BCUT2D eigenvalue weighted by Crippen LogP contribution is -2.30. The highest BCUT2D eigenvalue weighted by molar-refractivity contribution is 7.09. The summed E-state index contributed by atoms with van der Waals surface area (Å²) in [6, 6.07) is 5.71. The molecule has 0 saturated heterocycles. The highest BCUT2D eigenvalue weighted by Gasteiger charge is 2.05. The Kier molecular flexibility index (Phi) is 5.06. The van der Waals surface area contributed by atoms with E-state index in [1.165, 1.54) is 18.2 Å². The van der Waals surface area contributed by atoms with E-state index < -0.39 is 0 Å². The Morgan fingerprint density at radius 1 is 1.50 bits per heavy atom. The zero-order valence-corrected chi connectivity index (χ0v) is 11.9. The minimum Gasteiger partial charge on any atom is -0.484 e. The zero-order valence-electron chi connectivity index (χ0n) is 11.1. The fourth-order valence-electron chi connectivity index (χ4n) is 1.64. The minimum atomic E-state index is -0.386. The number of nitrogens with zero attached hydrogens (tertiary/aromatic N) is 1. The van der Waals surface area contributed by atoms with Gasteiger partial charge in [0.1, 0.15) is 11.6 Å². The Morgan fingerprint density at radius 2 is 2.35 bits per heavy atom. The van der Waals surface area contributed by atoms with Crippen molar-refractivity contribution in [1.82, 2.24) is 10.3 Å². The average molecular weight is 294 g/mol. The van der Waals surface area contributed by atoms with E-state index in [-0.39, 0.29) is 18.3 Å². The Morgan fingerprint density at radius 3 is 3.05 bits per heavy atom. The number of aryl methyl sites for hydroxylation is 1. The van der Waals surface area contributed by atoms with Crippen molar-refractivity contribution in [1.29, 1.82) is 0 Å². The fraction of sp³-hybridized carbons (Fsp3) is 0.286. The number of rotatable bonds is 6. The van der Waals surface area contributed by atoms with Crippen molar-refractivity contribution in [2.45, 2.75) is 13.3 Å². The van der Waals surface area contributed by atoms with Crippen LogP contribution in [0.4, 0.5) is 4.39 Å². The van der Waals surface area contributed by atoms with Gasteiger partial charge in [0.2, 0.25) is 0 Å². The van der Waals surface area contributed by atoms with E-state index in [4.69, 9.17) is 4.74 Å². The molecule has 106 valence electrons. The summed E-state index contributed by atoms with van der Waals surface area (Å²) in [4.78, 5) is 16.9. The molecule has 0 unspecified atom stereocenters. The minimum absolute atomic E-state index is 0.120. The third kappa shape index (κ3) is 4.31. The van der Waals surface area contributed by atoms with Gasteiger partial charge >= 0.3 is 0 Å². The van der Waals surface area contributed by atoms with Crippen molar-refractivity contribution < 1.29 is 13.9 Å². The Bertz CT molecular complexity index is 586. The molecule has 1 aromatic heterocycles. The summed E-state index contributed by atoms with van der Waals surface area (Å²) in [5.74, 6) is -0.265. The number of amides is 1. The molecule has 6 heteroatoms. The van der Waals surface area contributed by atoms with E-state index in [2.05, 4.69) is 10.3 Å². The molecule has 0 bridgehead atoms. The van der Waals surface area contributed by atoms with Crippen molar-refractivity contribution in [2.24, 2.45) is 0 Å². The molecule has 0 radical (unpaired) electrons. The van der Waals surface area contributed by atoms with Gasteiger partial charge in [-0.2, -0.15) is 0 Å². The van der Waals surface area contributed by atoms with Crippen molar-refractivity contribution in [2.75, 3.05) is 13.2 Å². The number of hydrogen-bond donors (Lipinski definition) is 1. The van der Waals surface area contributed by atoms with Crippen LogP contribution in [0.2, 0.25) is 0 Å². The first kappa shape index (κ1) is 14.5. The molecule has 0 spiro atoms. The largest absolute Gasteiger partial charge is 0.484 e. The number of halogens is 1. The molecular weight excluding hydrogens is 279 g/mol. The van der Waals surface area contributed by atoms with E-state index in [0.29, 0.717) is 12.3 Å². The van der Waals surface area contributed by atoms with E-state index in [0.717, 1.165) is 17.0 Å². The molecule has 1 N–H and O–H groups in total. The third-order valence-corrected chi connectivity index (χ3v) is 3.68. The number of aromatic nitrogens is 1. The van der Waals surface area contributed by atoms with Crippen LogP contribution in [0.25, 0.3) is 0 Å². The molecule has 2 rings (SSSR count). The van der Waals surface area contributed by atoms with Crippen molar-refractivity contribution in [3.8, 4) is 5.75 Å². The SMILES string of the molecule is Cc1ncsc1CCNC(=O)COc1cccc(F)c1. The topological polar surface area (TPSA) is 51.2 Å². The van der Waals surface area contributed by atoms with Crippen LogP contribution < -0.4 is 10.1 Å². The van der Waals surface area contributed by atoms with Gasteiger partial charge in [-0.1, -0.05) is 6.07 Å². The first-order valence-electron chi connectivity index (χ1n) is 6.19. The summed E-state index contributed by atoms with van der Waals surface area (Å²) in [5.41, 5.74) is 2.79. The standard InChI is InChI=1S/C14H15FN2O2S/c1-10-13(20-9-17-10)5-6-16-14(18)8-19-12-4-2-3-11(15)7-12/h2-4,7,9H,5-6,8H2,1H3,(H,16,18). The molecule has 1 aromatic carbocycles. The number of benzene rings is 1. The lowest BCUT2D eigenvalue weighted by molar-refractivity contribution is -0.123. The zero-order chi connectivity index (χ0) is 14.4. The number of nitrogens with one attached hydrogen (secondary N) is 1. The van der Waals surface area contributed by atoms with Gasteiger partial charge in [-0.05, 0) is 19.1 Å². The highest BCUT2D eigenvalue weighted by Crippen LogP contribution is 2.12. The van der Waals surface area contributed by atoms with Crippen molar-refractivity contribution in [3.63, 3.8) is 0 Å². The van der Waals surface area contributed by atoms with Gasteiger partial charge in [-0.25, -0.2) is 9.37 Å². The van der Waals surface area contributed by atoms with Crippen molar-refractivity contribution >= 4 is 17.2 Å². The van der Waals surface area contributed by atoms with Gasteiger partial charge in [0.25, 0.3) is 5.91 Å². The van der Waals surface area contributed by atoms with Crippen LogP contribution in [0.15, 0.2) is 29.8 Å². The Balaban J connectivity index is 1.69. The second kappa shape index (κ2) is 7.00. The number of ether oxygens (including phenoxy) is 1. The maximum atomic E-state index is 12.9. The molecule has 1 amide bonds. The predicted octanol–water partition coefficient (Wildman–Crippen LogP) is 2.33. The fourth-order valence-corrected chi connectivity index (χ4v) is 2.42. The molecule has 0 fully saturated rings. The third-order valence-electron chi connectivity index (χ3n) is 2.69. The lowest BCUT2D eigenvalue weighted by Gasteiger charge is -2.07. The van der Waals surface area contributed by atoms with Gasteiger partial charge in [0, 0.05) is 23.9 Å². The summed E-state index contributed by atoms with van der Waals surface area (Å²) in [6.07, 6.45) is 0.752. The second-order valence-electron chi connectivity index (χ2n) is 4.21. The molecule has 0 saturated carbocycles. The number of thiazole rings is 1. The van der Waals surface area contributed by atoms with Crippen molar-refractivity contribution in [3.05, 3.63) is 46.2 Å². The molecule has 1 heterocycles. The van der Waals surface area contributed by atoms with Gasteiger partial charge in [0.15, 0.2) is 6.61 Å². The molecule has 2 aromatic rings. The average Bonchev–Trinajstić information content (AvgIpc) is 2.82. The van der Waals surface area contributed by atoms with E-state index in [9.17, 15) is 9.18 Å². The quantitative estimate of drug-likeness (QED) is 0.889. The number of carbonyl (C=O) groups is 1. The second-order valence-corrected chi connectivity index (χ2v) is 5.15. The predicted molar refractivity (Wildman–Crippen MR) is 75.5 cm³/mol. The number of carbonyl (C=O) groups excluding carboxylic acids is 1. The van der Waals surface area contributed by atoms with Gasteiger partial charge in [-0.15, -0.1) is 11.3 Å². The van der Waals surface area contributed by atoms with Crippen LogP contribution >= 0.6 is 11.3 Å². The first-order chi connectivity index (χ1) is 9.65. The van der Waals surface area contributed by atoms with Gasteiger partial charge in [-0.3, -0.25) is 4.79 Å². The summed E-state index contributed by atoms with van der Waals surface area (Å²) >= 11 is 1.58. The lowest BCUT2D eigenvalue weighted by atomic mass is 10.3. The molecule has 0 aliphatic heterocycles. The van der Waals surface area contributed by atoms with Gasteiger partial charge < -0.3 is 10.1 Å². The van der Waals surface area contributed by atoms with Crippen LogP contribution in [0.3, 0.4) is 0 Å². The molecule has 0 atom stereocenters. The van der Waals surface area contributed by atoms with Crippen LogP contribution in [-0.2, 0) is 11.2 Å². The van der Waals surface area contributed by atoms with E-state index in [1.54, 1.807) is 22.9 Å². The van der Waals surface area contributed by atoms with Crippen LogP contribution in [0.1, 0.15) is 10.6 Å². The molecule has 4 nitrogen and oxygen atoms in total. The molecule has 0 aliphatic rings. The maximum Gasteiger partial charge on any atom is 0.257 e. The van der Waals surface area contributed by atoms with Gasteiger partial charge in [0.05, 0.1) is 11.2 Å². The van der Waals surface area contributed by atoms with E-state index >= 15 is 0 Å². The molecule has 0 aliphatic carbocycles. The molecule has 20 heavy (non-hydrogen) atoms. The Labute approximate surface area is 120 Å². The summed E-state index contributed by atoms with van der Waals surface area (Å²) < 4.78 is 18.1. The normalized spacial score (nSPS) is 10.3. The van der Waals surface area contributed by atoms with Crippen LogP contribution in [-0.4, -0.2) is 24.0 Å². The molecular formula is C14H15FN2O2S. The number of hydrogen-bond acceptors (Lipinski definition) is 4. The van der Waals surface area contributed by atoms with Crippen LogP contribution in [0, 0.1) is 12.7 Å². The summed E-state index contributed by atoms with van der Waals surface area (Å²) in [6.45, 7) is 2.36.